The Balaban J connectivity index is 2.11. The summed E-state index contributed by atoms with van der Waals surface area (Å²) in [6, 6.07) is 14.6. The van der Waals surface area contributed by atoms with E-state index >= 15 is 0 Å². The van der Waals surface area contributed by atoms with Gasteiger partial charge in [0.1, 0.15) is 6.10 Å². The lowest BCUT2D eigenvalue weighted by atomic mass is 10.1. The lowest BCUT2D eigenvalue weighted by Gasteiger charge is -2.34. The Labute approximate surface area is 135 Å². The van der Waals surface area contributed by atoms with Crippen LogP contribution in [0.2, 0.25) is 0 Å². The highest BCUT2D eigenvalue weighted by molar-refractivity contribution is 7.99. The fourth-order valence-corrected chi connectivity index (χ4v) is 4.02. The minimum Gasteiger partial charge on any atom is -0.458 e. The molecule has 0 aliphatic carbocycles. The number of nitrogens with zero attached hydrogens (tertiary/aromatic N) is 1. The Hall–Kier alpha value is -1.94. The van der Waals surface area contributed by atoms with Crippen LogP contribution >= 0.6 is 11.8 Å². The van der Waals surface area contributed by atoms with E-state index in [1.54, 1.807) is 11.8 Å². The summed E-state index contributed by atoms with van der Waals surface area (Å²) in [5.41, 5.74) is 3.42. The van der Waals surface area contributed by atoms with Crippen molar-refractivity contribution >= 4 is 29.1 Å². The van der Waals surface area contributed by atoms with Gasteiger partial charge in [0, 0.05) is 28.8 Å². The summed E-state index contributed by atoms with van der Waals surface area (Å²) < 4.78 is 5.41. The maximum atomic E-state index is 11.3. The fourth-order valence-electron chi connectivity index (χ4n) is 2.88. The molecule has 0 spiro atoms. The second-order valence-electron chi connectivity index (χ2n) is 5.26. The molecule has 0 amide bonds. The van der Waals surface area contributed by atoms with Gasteiger partial charge < -0.3 is 9.64 Å². The van der Waals surface area contributed by atoms with Crippen LogP contribution in [0.25, 0.3) is 0 Å². The van der Waals surface area contributed by atoms with Crippen molar-refractivity contribution < 1.29 is 9.53 Å². The average molecular weight is 313 g/mol. The SMILES string of the molecule is CCN1c2ccccc2Sc2cccc([C@H](C)OC(C)=O)c21. The molecule has 3 rings (SSSR count). The number of benzene rings is 2. The standard InChI is InChI=1S/C18H19NO2S/c1-4-19-15-9-5-6-10-16(15)22-17-11-7-8-14(18(17)19)12(2)21-13(3)20/h5-12H,4H2,1-3H3/t12-/m0/s1. The second-order valence-corrected chi connectivity index (χ2v) is 6.34. The monoisotopic (exact) mass is 313 g/mol. The molecule has 3 nitrogen and oxygen atoms in total. The van der Waals surface area contributed by atoms with Crippen LogP contribution in [0, 0.1) is 0 Å². The third-order valence-corrected chi connectivity index (χ3v) is 4.89. The van der Waals surface area contributed by atoms with E-state index in [2.05, 4.69) is 42.2 Å². The number of rotatable bonds is 3. The van der Waals surface area contributed by atoms with Crippen molar-refractivity contribution in [3.63, 3.8) is 0 Å². The van der Waals surface area contributed by atoms with Crippen LogP contribution < -0.4 is 4.90 Å². The average Bonchev–Trinajstić information content (AvgIpc) is 2.51. The summed E-state index contributed by atoms with van der Waals surface area (Å²) >= 11 is 1.77. The van der Waals surface area contributed by atoms with Crippen LogP contribution in [0.1, 0.15) is 32.4 Å². The second kappa shape index (κ2) is 6.05. The van der Waals surface area contributed by atoms with Crippen molar-refractivity contribution in [1.29, 1.82) is 0 Å². The number of hydrogen-bond acceptors (Lipinski definition) is 4. The van der Waals surface area contributed by atoms with Crippen LogP contribution in [0.15, 0.2) is 52.3 Å². The van der Waals surface area contributed by atoms with Crippen LogP contribution in [-0.4, -0.2) is 12.5 Å². The molecule has 0 aromatic heterocycles. The molecule has 1 aliphatic heterocycles. The zero-order chi connectivity index (χ0) is 15.7. The molecule has 0 saturated carbocycles. The molecule has 0 unspecified atom stereocenters. The Kier molecular flexibility index (Phi) is 4.12. The zero-order valence-corrected chi connectivity index (χ0v) is 13.8. The summed E-state index contributed by atoms with van der Waals surface area (Å²) in [7, 11) is 0. The third kappa shape index (κ3) is 2.59. The minimum absolute atomic E-state index is 0.253. The first kappa shape index (κ1) is 15.0. The molecule has 0 bridgehead atoms. The van der Waals surface area contributed by atoms with Crippen molar-refractivity contribution in [2.24, 2.45) is 0 Å². The maximum Gasteiger partial charge on any atom is 0.303 e. The Morgan fingerprint density at radius 1 is 1.18 bits per heavy atom. The summed E-state index contributed by atoms with van der Waals surface area (Å²) in [6.45, 7) is 6.39. The van der Waals surface area contributed by atoms with E-state index in [9.17, 15) is 4.79 Å². The number of carbonyl (C=O) groups is 1. The molecular weight excluding hydrogens is 294 g/mol. The van der Waals surface area contributed by atoms with Crippen LogP contribution in [-0.2, 0) is 9.53 Å². The minimum atomic E-state index is -0.257. The van der Waals surface area contributed by atoms with Gasteiger partial charge in [0.2, 0.25) is 0 Å². The highest BCUT2D eigenvalue weighted by Crippen LogP contribution is 2.50. The molecule has 114 valence electrons. The Morgan fingerprint density at radius 3 is 2.64 bits per heavy atom. The first-order valence-electron chi connectivity index (χ1n) is 7.46. The topological polar surface area (TPSA) is 29.5 Å². The third-order valence-electron chi connectivity index (χ3n) is 3.77. The molecule has 2 aromatic carbocycles. The molecular formula is C18H19NO2S. The Bertz CT molecular complexity index is 714. The summed E-state index contributed by atoms with van der Waals surface area (Å²) in [6.07, 6.45) is -0.257. The largest absolute Gasteiger partial charge is 0.458 e. The predicted octanol–water partition coefficient (Wildman–Crippen LogP) is 4.93. The zero-order valence-electron chi connectivity index (χ0n) is 13.0. The van der Waals surface area contributed by atoms with Gasteiger partial charge in [0.15, 0.2) is 0 Å². The van der Waals surface area contributed by atoms with Crippen LogP contribution in [0.5, 0.6) is 0 Å². The number of esters is 1. The molecule has 0 radical (unpaired) electrons. The number of fused-ring (bicyclic) bond motifs is 2. The van der Waals surface area contributed by atoms with E-state index in [1.165, 1.54) is 22.4 Å². The van der Waals surface area contributed by atoms with E-state index in [4.69, 9.17) is 4.74 Å². The molecule has 1 atom stereocenters. The van der Waals surface area contributed by atoms with Crippen molar-refractivity contribution in [2.45, 2.75) is 36.7 Å². The van der Waals surface area contributed by atoms with Gasteiger partial charge in [-0.2, -0.15) is 0 Å². The molecule has 0 fully saturated rings. The van der Waals surface area contributed by atoms with E-state index in [0.717, 1.165) is 17.8 Å². The first-order valence-corrected chi connectivity index (χ1v) is 8.28. The molecule has 0 saturated heterocycles. The fraction of sp³-hybridized carbons (Fsp3) is 0.278. The van der Waals surface area contributed by atoms with Crippen molar-refractivity contribution in [3.05, 3.63) is 48.0 Å². The summed E-state index contributed by atoms with van der Waals surface area (Å²) in [4.78, 5) is 16.1. The Morgan fingerprint density at radius 2 is 1.91 bits per heavy atom. The molecule has 2 aromatic rings. The van der Waals surface area contributed by atoms with Gasteiger partial charge in [0.25, 0.3) is 0 Å². The van der Waals surface area contributed by atoms with Gasteiger partial charge in [-0.05, 0) is 32.0 Å². The number of carbonyl (C=O) groups excluding carboxylic acids is 1. The van der Waals surface area contributed by atoms with E-state index in [0.29, 0.717) is 0 Å². The number of hydrogen-bond donors (Lipinski definition) is 0. The van der Waals surface area contributed by atoms with Crippen molar-refractivity contribution in [3.8, 4) is 0 Å². The first-order chi connectivity index (χ1) is 10.6. The lowest BCUT2D eigenvalue weighted by Crippen LogP contribution is -2.22. The van der Waals surface area contributed by atoms with Crippen molar-refractivity contribution in [2.75, 3.05) is 11.4 Å². The van der Waals surface area contributed by atoms with E-state index in [1.807, 2.05) is 19.1 Å². The maximum absolute atomic E-state index is 11.3. The number of para-hydroxylation sites is 2. The number of anilines is 2. The van der Waals surface area contributed by atoms with Gasteiger partial charge >= 0.3 is 5.97 Å². The van der Waals surface area contributed by atoms with Gasteiger partial charge in [-0.1, -0.05) is 36.0 Å². The predicted molar refractivity (Wildman–Crippen MR) is 89.9 cm³/mol. The summed E-state index contributed by atoms with van der Waals surface area (Å²) in [5, 5.41) is 0. The van der Waals surface area contributed by atoms with Gasteiger partial charge in [-0.3, -0.25) is 4.79 Å². The quantitative estimate of drug-likeness (QED) is 0.751. The molecule has 1 aliphatic rings. The van der Waals surface area contributed by atoms with Crippen molar-refractivity contribution in [1.82, 2.24) is 0 Å². The van der Waals surface area contributed by atoms with Gasteiger partial charge in [0.05, 0.1) is 11.4 Å². The highest BCUT2D eigenvalue weighted by atomic mass is 32.2. The van der Waals surface area contributed by atoms with Crippen LogP contribution in [0.3, 0.4) is 0 Å². The smallest absolute Gasteiger partial charge is 0.303 e. The summed E-state index contributed by atoms with van der Waals surface area (Å²) in [5.74, 6) is -0.253. The van der Waals surface area contributed by atoms with Crippen LogP contribution in [0.4, 0.5) is 11.4 Å². The molecule has 4 heteroatoms. The normalized spacial score (nSPS) is 14.0. The van der Waals surface area contributed by atoms with E-state index in [-0.39, 0.29) is 12.1 Å². The molecule has 0 N–H and O–H groups in total. The number of ether oxygens (including phenoxy) is 1. The molecule has 22 heavy (non-hydrogen) atoms. The van der Waals surface area contributed by atoms with Gasteiger partial charge in [-0.15, -0.1) is 0 Å². The van der Waals surface area contributed by atoms with E-state index < -0.39 is 0 Å². The van der Waals surface area contributed by atoms with Gasteiger partial charge in [-0.25, -0.2) is 0 Å². The highest BCUT2D eigenvalue weighted by Gasteiger charge is 2.27. The lowest BCUT2D eigenvalue weighted by molar-refractivity contribution is -0.145. The molecule has 1 heterocycles.